The van der Waals surface area contributed by atoms with Gasteiger partial charge in [-0.3, -0.25) is 4.79 Å². The topological polar surface area (TPSA) is 66.9 Å². The summed E-state index contributed by atoms with van der Waals surface area (Å²) in [6.07, 6.45) is 1.76. The Kier molecular flexibility index (Phi) is 3.76. The number of nitrogens with one attached hydrogen (secondary N) is 2. The fourth-order valence-electron chi connectivity index (χ4n) is 1.49. The van der Waals surface area contributed by atoms with Gasteiger partial charge in [-0.15, -0.1) is 11.3 Å². The number of hydrogen-bond acceptors (Lipinski definition) is 5. The Morgan fingerprint density at radius 3 is 2.89 bits per heavy atom. The van der Waals surface area contributed by atoms with Crippen LogP contribution in [0.15, 0.2) is 17.6 Å². The Morgan fingerprint density at radius 2 is 2.17 bits per heavy atom. The Bertz CT molecular complexity index is 552. The number of amides is 1. The third kappa shape index (κ3) is 2.95. The molecule has 0 saturated heterocycles. The normalized spacial score (nSPS) is 12.7. The van der Waals surface area contributed by atoms with E-state index in [1.807, 2.05) is 25.3 Å². The lowest BCUT2D eigenvalue weighted by molar-refractivity contribution is -0.122. The number of rotatable bonds is 4. The molecule has 0 fully saturated rings. The van der Waals surface area contributed by atoms with Gasteiger partial charge in [0, 0.05) is 17.6 Å². The number of carbonyl (C=O) groups is 1. The van der Waals surface area contributed by atoms with Crippen molar-refractivity contribution in [1.82, 2.24) is 15.3 Å². The van der Waals surface area contributed by atoms with Crippen LogP contribution in [0.25, 0.3) is 10.2 Å². The second-order valence-electron chi connectivity index (χ2n) is 4.40. The molecule has 2 N–H and O–H groups in total. The molecule has 0 radical (unpaired) electrons. The summed E-state index contributed by atoms with van der Waals surface area (Å²) in [5, 5.41) is 8.83. The minimum atomic E-state index is -0.357. The average molecular weight is 264 g/mol. The molecule has 0 bridgehead atoms. The SMILES string of the molecule is CC(C)NC(=O)C(C)Nc1ncc2ccsc2n1. The fourth-order valence-corrected chi connectivity index (χ4v) is 2.23. The molecule has 18 heavy (non-hydrogen) atoms. The Balaban J connectivity index is 2.06. The lowest BCUT2D eigenvalue weighted by Crippen LogP contribution is -2.41. The predicted molar refractivity (Wildman–Crippen MR) is 73.8 cm³/mol. The summed E-state index contributed by atoms with van der Waals surface area (Å²) in [5.74, 6) is 0.427. The van der Waals surface area contributed by atoms with Crippen molar-refractivity contribution in [3.63, 3.8) is 0 Å². The van der Waals surface area contributed by atoms with Crippen molar-refractivity contribution in [3.8, 4) is 0 Å². The van der Waals surface area contributed by atoms with Gasteiger partial charge in [-0.1, -0.05) is 0 Å². The molecule has 0 aliphatic carbocycles. The zero-order chi connectivity index (χ0) is 13.1. The van der Waals surface area contributed by atoms with Crippen molar-refractivity contribution in [2.45, 2.75) is 32.9 Å². The average Bonchev–Trinajstić information content (AvgIpc) is 2.75. The predicted octanol–water partition coefficient (Wildman–Crippen LogP) is 2.02. The highest BCUT2D eigenvalue weighted by Gasteiger charge is 2.14. The highest BCUT2D eigenvalue weighted by atomic mass is 32.1. The monoisotopic (exact) mass is 264 g/mol. The van der Waals surface area contributed by atoms with Gasteiger partial charge in [0.1, 0.15) is 10.9 Å². The zero-order valence-corrected chi connectivity index (χ0v) is 11.4. The lowest BCUT2D eigenvalue weighted by Gasteiger charge is -2.15. The maximum atomic E-state index is 11.7. The van der Waals surface area contributed by atoms with Gasteiger partial charge >= 0.3 is 0 Å². The molecular weight excluding hydrogens is 248 g/mol. The van der Waals surface area contributed by atoms with Crippen molar-refractivity contribution in [2.24, 2.45) is 0 Å². The molecule has 0 aliphatic rings. The molecule has 1 atom stereocenters. The number of carbonyl (C=O) groups excluding carboxylic acids is 1. The molecule has 2 heterocycles. The standard InChI is InChI=1S/C12H16N4OS/c1-7(2)14-10(17)8(3)15-12-13-6-9-4-5-18-11(9)16-12/h4-8H,1-3H3,(H,14,17)(H,13,15,16). The highest BCUT2D eigenvalue weighted by Crippen LogP contribution is 2.18. The lowest BCUT2D eigenvalue weighted by atomic mass is 10.3. The summed E-state index contributed by atoms with van der Waals surface area (Å²) in [6.45, 7) is 5.65. The van der Waals surface area contributed by atoms with Crippen LogP contribution in [-0.2, 0) is 4.79 Å². The van der Waals surface area contributed by atoms with Crippen molar-refractivity contribution >= 4 is 33.4 Å². The fraction of sp³-hybridized carbons (Fsp3) is 0.417. The summed E-state index contributed by atoms with van der Waals surface area (Å²) in [5.41, 5.74) is 0. The number of thiophene rings is 1. The maximum absolute atomic E-state index is 11.7. The minimum Gasteiger partial charge on any atom is -0.352 e. The minimum absolute atomic E-state index is 0.0557. The summed E-state index contributed by atoms with van der Waals surface area (Å²) in [6, 6.07) is 1.74. The van der Waals surface area contributed by atoms with Crippen molar-refractivity contribution < 1.29 is 4.79 Å². The van der Waals surface area contributed by atoms with Crippen LogP contribution < -0.4 is 10.6 Å². The molecule has 2 aromatic rings. The van der Waals surface area contributed by atoms with E-state index < -0.39 is 0 Å². The van der Waals surface area contributed by atoms with Crippen molar-refractivity contribution in [3.05, 3.63) is 17.6 Å². The molecule has 1 amide bonds. The van der Waals surface area contributed by atoms with Gasteiger partial charge < -0.3 is 10.6 Å². The van der Waals surface area contributed by atoms with Crippen LogP contribution in [0.2, 0.25) is 0 Å². The Labute approximate surface area is 110 Å². The van der Waals surface area contributed by atoms with Gasteiger partial charge in [-0.25, -0.2) is 9.97 Å². The van der Waals surface area contributed by atoms with Crippen LogP contribution in [-0.4, -0.2) is 28.0 Å². The quantitative estimate of drug-likeness (QED) is 0.886. The molecule has 0 spiro atoms. The second kappa shape index (κ2) is 5.30. The Morgan fingerprint density at radius 1 is 1.39 bits per heavy atom. The van der Waals surface area contributed by atoms with Gasteiger partial charge in [0.2, 0.25) is 11.9 Å². The largest absolute Gasteiger partial charge is 0.352 e. The van der Waals surface area contributed by atoms with E-state index in [0.717, 1.165) is 10.2 Å². The van der Waals surface area contributed by atoms with Crippen molar-refractivity contribution in [2.75, 3.05) is 5.32 Å². The van der Waals surface area contributed by atoms with Crippen LogP contribution in [0, 0.1) is 0 Å². The van der Waals surface area contributed by atoms with Crippen LogP contribution >= 0.6 is 11.3 Å². The molecule has 0 aliphatic heterocycles. The Hall–Kier alpha value is -1.69. The van der Waals surface area contributed by atoms with E-state index in [1.165, 1.54) is 0 Å². The molecule has 0 saturated carbocycles. The number of anilines is 1. The van der Waals surface area contributed by atoms with E-state index in [-0.39, 0.29) is 18.0 Å². The van der Waals surface area contributed by atoms with Crippen LogP contribution in [0.4, 0.5) is 5.95 Å². The van der Waals surface area contributed by atoms with Gasteiger partial charge in [0.05, 0.1) is 0 Å². The van der Waals surface area contributed by atoms with E-state index in [0.29, 0.717) is 5.95 Å². The summed E-state index contributed by atoms with van der Waals surface area (Å²) < 4.78 is 0. The molecule has 5 nitrogen and oxygen atoms in total. The second-order valence-corrected chi connectivity index (χ2v) is 5.30. The third-order valence-electron chi connectivity index (χ3n) is 2.38. The number of fused-ring (bicyclic) bond motifs is 1. The molecule has 1 unspecified atom stereocenters. The first-order chi connectivity index (χ1) is 8.56. The van der Waals surface area contributed by atoms with E-state index in [4.69, 9.17) is 0 Å². The smallest absolute Gasteiger partial charge is 0.242 e. The van der Waals surface area contributed by atoms with E-state index in [9.17, 15) is 4.79 Å². The van der Waals surface area contributed by atoms with Gasteiger partial charge in [-0.2, -0.15) is 0 Å². The summed E-state index contributed by atoms with van der Waals surface area (Å²) in [4.78, 5) is 21.2. The first-order valence-electron chi connectivity index (χ1n) is 5.83. The van der Waals surface area contributed by atoms with E-state index in [1.54, 1.807) is 24.5 Å². The van der Waals surface area contributed by atoms with Crippen molar-refractivity contribution in [1.29, 1.82) is 0 Å². The summed E-state index contributed by atoms with van der Waals surface area (Å²) >= 11 is 1.56. The first-order valence-corrected chi connectivity index (χ1v) is 6.71. The summed E-state index contributed by atoms with van der Waals surface area (Å²) in [7, 11) is 0. The van der Waals surface area contributed by atoms with Crippen LogP contribution in [0.3, 0.4) is 0 Å². The van der Waals surface area contributed by atoms with Gasteiger partial charge in [-0.05, 0) is 32.2 Å². The van der Waals surface area contributed by atoms with Gasteiger partial charge in [0.25, 0.3) is 0 Å². The van der Waals surface area contributed by atoms with E-state index >= 15 is 0 Å². The highest BCUT2D eigenvalue weighted by molar-refractivity contribution is 7.16. The first kappa shape index (κ1) is 12.8. The van der Waals surface area contributed by atoms with Gasteiger partial charge in [0.15, 0.2) is 0 Å². The number of nitrogens with zero attached hydrogens (tertiary/aromatic N) is 2. The molecule has 96 valence electrons. The van der Waals surface area contributed by atoms with Crippen LogP contribution in [0.1, 0.15) is 20.8 Å². The van der Waals surface area contributed by atoms with Crippen LogP contribution in [0.5, 0.6) is 0 Å². The molecular formula is C12H16N4OS. The van der Waals surface area contributed by atoms with E-state index in [2.05, 4.69) is 20.6 Å². The third-order valence-corrected chi connectivity index (χ3v) is 3.20. The maximum Gasteiger partial charge on any atom is 0.242 e. The number of hydrogen-bond donors (Lipinski definition) is 2. The molecule has 2 rings (SSSR count). The molecule has 6 heteroatoms. The number of aromatic nitrogens is 2. The zero-order valence-electron chi connectivity index (χ0n) is 10.6. The molecule has 0 aromatic carbocycles. The molecule has 2 aromatic heterocycles.